The highest BCUT2D eigenvalue weighted by Gasteiger charge is 2.28. The number of aromatic hydroxyl groups is 1. The number of aromatic nitrogens is 1. The highest BCUT2D eigenvalue weighted by molar-refractivity contribution is 7.94. The van der Waals surface area contributed by atoms with E-state index in [0.717, 1.165) is 11.3 Å². The number of sulfonamides is 1. The quantitative estimate of drug-likeness (QED) is 0.934. The Balaban J connectivity index is 2.53. The number of hydrogen-bond donors (Lipinski definition) is 1. The first-order chi connectivity index (χ1) is 9.36. The van der Waals surface area contributed by atoms with Gasteiger partial charge in [-0.2, -0.15) is 0 Å². The average Bonchev–Trinajstić information content (AvgIpc) is 2.70. The Morgan fingerprint density at radius 2 is 2.15 bits per heavy atom. The minimum absolute atomic E-state index is 0.00945. The van der Waals surface area contributed by atoms with Crippen LogP contribution in [0.3, 0.4) is 0 Å². The van der Waals surface area contributed by atoms with Crippen LogP contribution in [-0.4, -0.2) is 25.1 Å². The Hall–Kier alpha value is -1.31. The fraction of sp³-hybridized carbons (Fsp3) is 0.250. The fourth-order valence-electron chi connectivity index (χ4n) is 1.83. The first kappa shape index (κ1) is 15.1. The second kappa shape index (κ2) is 5.59. The molecule has 2 aromatic rings. The molecule has 8 heteroatoms. The summed E-state index contributed by atoms with van der Waals surface area (Å²) in [7, 11) is -3.74. The maximum absolute atomic E-state index is 12.7. The molecule has 0 aliphatic heterocycles. The van der Waals surface area contributed by atoms with E-state index in [1.54, 1.807) is 26.0 Å². The van der Waals surface area contributed by atoms with Gasteiger partial charge in [-0.05, 0) is 26.0 Å². The molecule has 1 aromatic heterocycles. The topological polar surface area (TPSA) is 70.5 Å². The lowest BCUT2D eigenvalue weighted by Crippen LogP contribution is -2.30. The van der Waals surface area contributed by atoms with Gasteiger partial charge in [-0.1, -0.05) is 29.0 Å². The van der Waals surface area contributed by atoms with Gasteiger partial charge in [0.1, 0.15) is 5.75 Å². The maximum Gasteiger partial charge on any atom is 0.275 e. The van der Waals surface area contributed by atoms with Crippen molar-refractivity contribution < 1.29 is 13.5 Å². The Labute approximate surface area is 126 Å². The van der Waals surface area contributed by atoms with Gasteiger partial charge in [-0.3, -0.25) is 4.31 Å². The molecule has 0 atom stereocenters. The number of benzene rings is 1. The molecule has 5 nitrogen and oxygen atoms in total. The minimum Gasteiger partial charge on any atom is -0.508 e. The molecule has 0 saturated heterocycles. The maximum atomic E-state index is 12.7. The molecule has 0 aliphatic rings. The molecule has 2 rings (SSSR count). The molecule has 0 saturated carbocycles. The Morgan fingerprint density at radius 3 is 2.65 bits per heavy atom. The number of hydrogen-bond acceptors (Lipinski definition) is 5. The molecule has 0 amide bonds. The van der Waals surface area contributed by atoms with Gasteiger partial charge in [0.2, 0.25) is 0 Å². The van der Waals surface area contributed by atoms with E-state index in [2.05, 4.69) is 4.98 Å². The van der Waals surface area contributed by atoms with E-state index in [1.165, 1.54) is 16.4 Å². The summed E-state index contributed by atoms with van der Waals surface area (Å²) < 4.78 is 26.8. The number of rotatable bonds is 4. The molecule has 0 radical (unpaired) electrons. The van der Waals surface area contributed by atoms with Crippen LogP contribution < -0.4 is 4.31 Å². The third-order valence-electron chi connectivity index (χ3n) is 2.66. The van der Waals surface area contributed by atoms with Gasteiger partial charge >= 0.3 is 0 Å². The first-order valence-corrected chi connectivity index (χ1v) is 8.44. The molecule has 0 bridgehead atoms. The van der Waals surface area contributed by atoms with Crippen LogP contribution in [0.2, 0.25) is 4.47 Å². The first-order valence-electron chi connectivity index (χ1n) is 5.81. The molecule has 1 heterocycles. The summed E-state index contributed by atoms with van der Waals surface area (Å²) in [6, 6.07) is 6.10. The van der Waals surface area contributed by atoms with Crippen LogP contribution >= 0.6 is 22.9 Å². The smallest absolute Gasteiger partial charge is 0.275 e. The number of nitrogens with zero attached hydrogens (tertiary/aromatic N) is 2. The monoisotopic (exact) mass is 332 g/mol. The minimum atomic E-state index is -3.74. The van der Waals surface area contributed by atoms with Gasteiger partial charge in [0, 0.05) is 12.6 Å². The summed E-state index contributed by atoms with van der Waals surface area (Å²) in [5.41, 5.74) is 0.773. The molecule has 1 N–H and O–H groups in total. The van der Waals surface area contributed by atoms with E-state index in [0.29, 0.717) is 11.4 Å². The van der Waals surface area contributed by atoms with Crippen molar-refractivity contribution in [3.63, 3.8) is 0 Å². The van der Waals surface area contributed by atoms with Crippen LogP contribution in [0.15, 0.2) is 28.5 Å². The van der Waals surface area contributed by atoms with Gasteiger partial charge in [-0.15, -0.1) is 0 Å². The largest absolute Gasteiger partial charge is 0.508 e. The number of halogens is 1. The van der Waals surface area contributed by atoms with E-state index in [-0.39, 0.29) is 21.0 Å². The second-order valence-electron chi connectivity index (χ2n) is 4.03. The Morgan fingerprint density at radius 1 is 1.45 bits per heavy atom. The summed E-state index contributed by atoms with van der Waals surface area (Å²) in [5.74, 6) is 0.00945. The summed E-state index contributed by atoms with van der Waals surface area (Å²) in [5, 5.41) is 9.50. The molecule has 0 spiro atoms. The second-order valence-corrected chi connectivity index (χ2v) is 7.67. The van der Waals surface area contributed by atoms with Gasteiger partial charge in [0.15, 0.2) is 8.68 Å². The third-order valence-corrected chi connectivity index (χ3v) is 6.41. The predicted octanol–water partition coefficient (Wildman–Crippen LogP) is 3.03. The molecule has 1 aromatic carbocycles. The lowest BCUT2D eigenvalue weighted by molar-refractivity contribution is 0.475. The van der Waals surface area contributed by atoms with E-state index in [9.17, 15) is 13.5 Å². The molecule has 20 heavy (non-hydrogen) atoms. The summed E-state index contributed by atoms with van der Waals surface area (Å²) in [6.45, 7) is 3.56. The van der Waals surface area contributed by atoms with E-state index < -0.39 is 10.0 Å². The van der Waals surface area contributed by atoms with Gasteiger partial charge in [0.05, 0.1) is 11.4 Å². The fourth-order valence-corrected chi connectivity index (χ4v) is 5.13. The lowest BCUT2D eigenvalue weighted by Gasteiger charge is -2.22. The number of thiazole rings is 1. The Bertz CT molecular complexity index is 728. The van der Waals surface area contributed by atoms with Gasteiger partial charge in [0.25, 0.3) is 10.0 Å². The van der Waals surface area contributed by atoms with Crippen LogP contribution in [0.25, 0.3) is 0 Å². The number of phenols is 1. The normalized spacial score (nSPS) is 11.6. The van der Waals surface area contributed by atoms with Crippen molar-refractivity contribution in [3.05, 3.63) is 34.4 Å². The zero-order valence-electron chi connectivity index (χ0n) is 10.9. The van der Waals surface area contributed by atoms with Crippen LogP contribution in [0.1, 0.15) is 12.6 Å². The SMILES string of the molecule is CCN(c1cccc(O)c1)S(=O)(=O)c1sc(Cl)nc1C. The van der Waals surface area contributed by atoms with Crippen LogP contribution in [0, 0.1) is 6.92 Å². The van der Waals surface area contributed by atoms with Crippen molar-refractivity contribution in [1.82, 2.24) is 4.98 Å². The molecular formula is C12H13ClN2O3S2. The van der Waals surface area contributed by atoms with Crippen LogP contribution in [0.5, 0.6) is 5.75 Å². The molecule has 0 fully saturated rings. The average molecular weight is 333 g/mol. The van der Waals surface area contributed by atoms with Crippen LogP contribution in [-0.2, 0) is 10.0 Å². The highest BCUT2D eigenvalue weighted by Crippen LogP contribution is 2.32. The number of phenolic OH excluding ortho intramolecular Hbond substituents is 1. The van der Waals surface area contributed by atoms with Crippen molar-refractivity contribution in [2.24, 2.45) is 0 Å². The van der Waals surface area contributed by atoms with E-state index in [4.69, 9.17) is 11.6 Å². The Kier molecular flexibility index (Phi) is 4.22. The molecule has 0 aliphatic carbocycles. The predicted molar refractivity (Wildman–Crippen MR) is 80.2 cm³/mol. The highest BCUT2D eigenvalue weighted by atomic mass is 35.5. The number of aryl methyl sites for hydroxylation is 1. The summed E-state index contributed by atoms with van der Waals surface area (Å²) in [6.07, 6.45) is 0. The van der Waals surface area contributed by atoms with Gasteiger partial charge in [-0.25, -0.2) is 13.4 Å². The summed E-state index contributed by atoms with van der Waals surface area (Å²) >= 11 is 6.70. The van der Waals surface area contributed by atoms with E-state index in [1.807, 2.05) is 0 Å². The lowest BCUT2D eigenvalue weighted by atomic mass is 10.3. The molecule has 108 valence electrons. The standard InChI is InChI=1S/C12H13ClN2O3S2/c1-3-15(9-5-4-6-10(16)7-9)20(17,18)11-8(2)14-12(13)19-11/h4-7,16H,3H2,1-2H3. The van der Waals surface area contributed by atoms with Crippen molar-refractivity contribution in [2.45, 2.75) is 18.1 Å². The molecule has 0 unspecified atom stereocenters. The zero-order chi connectivity index (χ0) is 14.9. The van der Waals surface area contributed by atoms with Crippen molar-refractivity contribution in [3.8, 4) is 5.75 Å². The zero-order valence-corrected chi connectivity index (χ0v) is 13.3. The van der Waals surface area contributed by atoms with Crippen LogP contribution in [0.4, 0.5) is 5.69 Å². The number of anilines is 1. The van der Waals surface area contributed by atoms with Crippen molar-refractivity contribution in [1.29, 1.82) is 0 Å². The van der Waals surface area contributed by atoms with Gasteiger partial charge < -0.3 is 5.11 Å². The van der Waals surface area contributed by atoms with Crippen molar-refractivity contribution >= 4 is 38.6 Å². The van der Waals surface area contributed by atoms with Crippen molar-refractivity contribution in [2.75, 3.05) is 10.8 Å². The third kappa shape index (κ3) is 2.74. The van der Waals surface area contributed by atoms with E-state index >= 15 is 0 Å². The summed E-state index contributed by atoms with van der Waals surface area (Å²) in [4.78, 5) is 3.93. The molecular weight excluding hydrogens is 320 g/mol.